The Labute approximate surface area is 212 Å². The summed E-state index contributed by atoms with van der Waals surface area (Å²) in [6, 6.07) is 10.0. The predicted octanol–water partition coefficient (Wildman–Crippen LogP) is 3.13. The molecule has 34 heavy (non-hydrogen) atoms. The molecule has 0 bridgehead atoms. The number of imide groups is 1. The summed E-state index contributed by atoms with van der Waals surface area (Å²) in [4.78, 5) is 37.0. The average molecular weight is 548 g/mol. The van der Waals surface area contributed by atoms with Crippen molar-refractivity contribution in [2.45, 2.75) is 23.5 Å². The van der Waals surface area contributed by atoms with Crippen LogP contribution in [-0.4, -0.2) is 51.4 Å². The lowest BCUT2D eigenvalue weighted by molar-refractivity contribution is -0.157. The van der Waals surface area contributed by atoms with Crippen LogP contribution >= 0.6 is 35.0 Å². The van der Waals surface area contributed by atoms with Crippen molar-refractivity contribution in [1.29, 1.82) is 0 Å². The third kappa shape index (κ3) is 7.60. The van der Waals surface area contributed by atoms with Crippen molar-refractivity contribution in [2.24, 2.45) is 0 Å². The van der Waals surface area contributed by atoms with Gasteiger partial charge in [0.05, 0.1) is 10.0 Å². The minimum atomic E-state index is -4.33. The zero-order valence-corrected chi connectivity index (χ0v) is 21.4. The number of nitrogens with one attached hydrogen (secondary N) is 3. The van der Waals surface area contributed by atoms with E-state index in [1.807, 2.05) is 0 Å². The molecule has 0 fully saturated rings. The zero-order chi connectivity index (χ0) is 25.3. The summed E-state index contributed by atoms with van der Waals surface area (Å²) in [5.74, 6) is -1.51. The summed E-state index contributed by atoms with van der Waals surface area (Å²) in [5.41, 5.74) is 0.290. The predicted molar refractivity (Wildman–Crippen MR) is 131 cm³/mol. The molecular formula is C21H23Cl2N3O6S2. The highest BCUT2D eigenvalue weighted by atomic mass is 35.5. The standard InChI is InChI=1S/C21H23Cl2N3O6S2/c1-24-21(29)25-19(27)17(13-7-4-3-5-8-13)32-20(28)16(11-12-33-2)26-34(30,31)18-14(22)9-6-10-15(18)23/h3-10,16-17,26H,11-12H2,1-2H3,(H2,24,25,27,29)/t16-,17+/m1/s1. The van der Waals surface area contributed by atoms with Crippen LogP contribution in [0, 0.1) is 0 Å². The molecule has 0 radical (unpaired) electrons. The third-order valence-electron chi connectivity index (χ3n) is 4.42. The molecule has 3 N–H and O–H groups in total. The van der Waals surface area contributed by atoms with E-state index in [0.717, 1.165) is 0 Å². The van der Waals surface area contributed by atoms with Crippen LogP contribution < -0.4 is 15.4 Å². The Morgan fingerprint density at radius 1 is 1.03 bits per heavy atom. The molecule has 0 unspecified atom stereocenters. The van der Waals surface area contributed by atoms with E-state index >= 15 is 0 Å². The number of urea groups is 1. The fourth-order valence-electron chi connectivity index (χ4n) is 2.79. The Morgan fingerprint density at radius 3 is 2.21 bits per heavy atom. The summed E-state index contributed by atoms with van der Waals surface area (Å²) in [6.45, 7) is 0. The molecule has 9 nitrogen and oxygen atoms in total. The summed E-state index contributed by atoms with van der Waals surface area (Å²) >= 11 is 13.5. The van der Waals surface area contributed by atoms with Crippen molar-refractivity contribution in [3.05, 3.63) is 64.1 Å². The van der Waals surface area contributed by atoms with Crippen LogP contribution in [-0.2, 0) is 24.3 Å². The van der Waals surface area contributed by atoms with E-state index < -0.39 is 40.1 Å². The van der Waals surface area contributed by atoms with Gasteiger partial charge in [-0.25, -0.2) is 13.2 Å². The van der Waals surface area contributed by atoms with E-state index in [2.05, 4.69) is 15.4 Å². The lowest BCUT2D eigenvalue weighted by Crippen LogP contribution is -2.45. The molecule has 0 aliphatic rings. The van der Waals surface area contributed by atoms with Gasteiger partial charge in [0.2, 0.25) is 16.1 Å². The minimum Gasteiger partial charge on any atom is -0.446 e. The normalized spacial score (nSPS) is 12.9. The van der Waals surface area contributed by atoms with E-state index in [9.17, 15) is 22.8 Å². The van der Waals surface area contributed by atoms with E-state index in [-0.39, 0.29) is 26.9 Å². The van der Waals surface area contributed by atoms with Gasteiger partial charge in [0.1, 0.15) is 10.9 Å². The van der Waals surface area contributed by atoms with E-state index in [1.54, 1.807) is 24.5 Å². The maximum Gasteiger partial charge on any atom is 0.325 e. The number of halogens is 2. The number of carbonyl (C=O) groups excluding carboxylic acids is 3. The summed E-state index contributed by atoms with van der Waals surface area (Å²) in [7, 11) is -3.01. The molecule has 184 valence electrons. The Morgan fingerprint density at radius 2 is 1.65 bits per heavy atom. The molecule has 0 heterocycles. The minimum absolute atomic E-state index is 0.0554. The molecule has 2 aromatic rings. The van der Waals surface area contributed by atoms with Crippen molar-refractivity contribution >= 4 is 62.9 Å². The first kappa shape index (κ1) is 27.9. The van der Waals surface area contributed by atoms with Crippen LogP contribution in [0.2, 0.25) is 10.0 Å². The van der Waals surface area contributed by atoms with E-state index in [4.69, 9.17) is 27.9 Å². The maximum absolute atomic E-state index is 13.1. The van der Waals surface area contributed by atoms with Crippen LogP contribution in [0.3, 0.4) is 0 Å². The third-order valence-corrected chi connectivity index (χ3v) is 7.49. The fourth-order valence-corrected chi connectivity index (χ4v) is 5.62. The Hall–Kier alpha value is -2.31. The Bertz CT molecular complexity index is 1110. The molecule has 2 aromatic carbocycles. The number of hydrogen-bond acceptors (Lipinski definition) is 7. The number of benzene rings is 2. The van der Waals surface area contributed by atoms with Gasteiger partial charge in [-0.2, -0.15) is 16.5 Å². The molecule has 2 atom stereocenters. The van der Waals surface area contributed by atoms with Crippen LogP contribution in [0.4, 0.5) is 4.79 Å². The number of ether oxygens (including phenoxy) is 1. The van der Waals surface area contributed by atoms with Crippen LogP contribution in [0.25, 0.3) is 0 Å². The maximum atomic E-state index is 13.1. The van der Waals surface area contributed by atoms with Crippen molar-refractivity contribution in [2.75, 3.05) is 19.1 Å². The number of rotatable bonds is 10. The first-order chi connectivity index (χ1) is 16.1. The summed E-state index contributed by atoms with van der Waals surface area (Å²) in [5, 5.41) is 4.05. The van der Waals surface area contributed by atoms with Crippen LogP contribution in [0.15, 0.2) is 53.4 Å². The highest BCUT2D eigenvalue weighted by Gasteiger charge is 2.33. The molecule has 0 aromatic heterocycles. The second kappa shape index (κ2) is 13.0. The van der Waals surface area contributed by atoms with Crippen molar-refractivity contribution in [3.8, 4) is 0 Å². The first-order valence-corrected chi connectivity index (χ1v) is 13.5. The number of esters is 1. The SMILES string of the molecule is CNC(=O)NC(=O)[C@@H](OC(=O)[C@@H](CCSC)NS(=O)(=O)c1c(Cl)cccc1Cl)c1ccccc1. The van der Waals surface area contributed by atoms with Crippen LogP contribution in [0.1, 0.15) is 18.1 Å². The molecule has 0 aliphatic heterocycles. The van der Waals surface area contributed by atoms with E-state index in [0.29, 0.717) is 5.75 Å². The number of thioether (sulfide) groups is 1. The van der Waals surface area contributed by atoms with Gasteiger partial charge in [-0.1, -0.05) is 59.6 Å². The van der Waals surface area contributed by atoms with Gasteiger partial charge in [-0.3, -0.25) is 14.9 Å². The molecule has 2 rings (SSSR count). The van der Waals surface area contributed by atoms with Gasteiger partial charge in [-0.05, 0) is 30.6 Å². The Kier molecular flexibility index (Phi) is 10.6. The molecule has 3 amide bonds. The molecule has 0 saturated heterocycles. The van der Waals surface area contributed by atoms with Crippen molar-refractivity contribution in [3.63, 3.8) is 0 Å². The van der Waals surface area contributed by atoms with Gasteiger partial charge in [-0.15, -0.1) is 0 Å². The highest BCUT2D eigenvalue weighted by Crippen LogP contribution is 2.29. The average Bonchev–Trinajstić information content (AvgIpc) is 2.80. The Balaban J connectivity index is 2.34. The van der Waals surface area contributed by atoms with E-state index in [1.165, 1.54) is 49.1 Å². The number of amides is 3. The molecule has 13 heteroatoms. The smallest absolute Gasteiger partial charge is 0.325 e. The highest BCUT2D eigenvalue weighted by molar-refractivity contribution is 7.98. The fraction of sp³-hybridized carbons (Fsp3) is 0.286. The molecule has 0 spiro atoms. The van der Waals surface area contributed by atoms with Crippen molar-refractivity contribution in [1.82, 2.24) is 15.4 Å². The number of carbonyl (C=O) groups is 3. The zero-order valence-electron chi connectivity index (χ0n) is 18.2. The van der Waals surface area contributed by atoms with Gasteiger partial charge in [0.15, 0.2) is 0 Å². The van der Waals surface area contributed by atoms with Gasteiger partial charge in [0, 0.05) is 12.6 Å². The molecule has 0 aliphatic carbocycles. The second-order valence-electron chi connectivity index (χ2n) is 6.80. The largest absolute Gasteiger partial charge is 0.446 e. The monoisotopic (exact) mass is 547 g/mol. The quantitative estimate of drug-likeness (QED) is 0.389. The van der Waals surface area contributed by atoms with Gasteiger partial charge in [0.25, 0.3) is 5.91 Å². The molecule has 0 saturated carbocycles. The molecular weight excluding hydrogens is 525 g/mol. The van der Waals surface area contributed by atoms with Gasteiger partial charge >= 0.3 is 12.0 Å². The lowest BCUT2D eigenvalue weighted by atomic mass is 10.1. The lowest BCUT2D eigenvalue weighted by Gasteiger charge is -2.22. The van der Waals surface area contributed by atoms with Crippen molar-refractivity contribution < 1.29 is 27.5 Å². The van der Waals surface area contributed by atoms with Crippen LogP contribution in [0.5, 0.6) is 0 Å². The summed E-state index contributed by atoms with van der Waals surface area (Å²) in [6.07, 6.45) is 0.335. The van der Waals surface area contributed by atoms with Gasteiger partial charge < -0.3 is 10.1 Å². The number of sulfonamides is 1. The topological polar surface area (TPSA) is 131 Å². The number of hydrogen-bond donors (Lipinski definition) is 3. The first-order valence-electron chi connectivity index (χ1n) is 9.84. The second-order valence-corrected chi connectivity index (χ2v) is 10.3. The summed E-state index contributed by atoms with van der Waals surface area (Å²) < 4.78 is 33.7.